The number of nitrogens with two attached hydrogens (primary N) is 1. The first-order chi connectivity index (χ1) is 8.24. The van der Waals surface area contributed by atoms with Gasteiger partial charge in [0.25, 0.3) is 0 Å². The third-order valence-corrected chi connectivity index (χ3v) is 4.19. The standard InChI is InChI=1S/C15H22N2/c1-10-2-7-15(14(16)8-10)17-9-13(11-3-4-11)12-5-6-12/h2,7-8,11-13,17H,3-6,9,16H2,1H3. The number of hydrogen-bond donors (Lipinski definition) is 2. The fourth-order valence-corrected chi connectivity index (χ4v) is 2.84. The van der Waals surface area contributed by atoms with Gasteiger partial charge in [0.2, 0.25) is 0 Å². The van der Waals surface area contributed by atoms with Crippen LogP contribution >= 0.6 is 0 Å². The Morgan fingerprint density at radius 3 is 2.41 bits per heavy atom. The number of benzene rings is 1. The zero-order valence-electron chi connectivity index (χ0n) is 10.6. The van der Waals surface area contributed by atoms with Crippen LogP contribution in [0.3, 0.4) is 0 Å². The molecule has 3 rings (SSSR count). The lowest BCUT2D eigenvalue weighted by molar-refractivity contribution is 0.428. The highest BCUT2D eigenvalue weighted by atomic mass is 14.9. The average molecular weight is 230 g/mol. The molecule has 0 heterocycles. The van der Waals surface area contributed by atoms with Crippen LogP contribution in [-0.2, 0) is 0 Å². The Labute approximate surface area is 104 Å². The van der Waals surface area contributed by atoms with Gasteiger partial charge in [-0.2, -0.15) is 0 Å². The summed E-state index contributed by atoms with van der Waals surface area (Å²) in [5.74, 6) is 2.90. The van der Waals surface area contributed by atoms with E-state index in [2.05, 4.69) is 24.4 Å². The van der Waals surface area contributed by atoms with Crippen LogP contribution < -0.4 is 11.1 Å². The van der Waals surface area contributed by atoms with Crippen molar-refractivity contribution in [3.8, 4) is 0 Å². The van der Waals surface area contributed by atoms with Gasteiger partial charge in [0.15, 0.2) is 0 Å². The lowest BCUT2D eigenvalue weighted by atomic mass is 9.98. The van der Waals surface area contributed by atoms with Crippen molar-refractivity contribution in [3.63, 3.8) is 0 Å². The zero-order chi connectivity index (χ0) is 11.8. The highest BCUT2D eigenvalue weighted by Crippen LogP contribution is 2.49. The lowest BCUT2D eigenvalue weighted by Gasteiger charge is -2.18. The molecule has 1 aromatic carbocycles. The first-order valence-corrected chi connectivity index (χ1v) is 6.84. The van der Waals surface area contributed by atoms with E-state index < -0.39 is 0 Å². The van der Waals surface area contributed by atoms with Gasteiger partial charge in [0.1, 0.15) is 0 Å². The lowest BCUT2D eigenvalue weighted by Crippen LogP contribution is -2.18. The summed E-state index contributed by atoms with van der Waals surface area (Å²) in [5.41, 5.74) is 9.26. The molecule has 0 aromatic heterocycles. The van der Waals surface area contributed by atoms with Crippen molar-refractivity contribution in [3.05, 3.63) is 23.8 Å². The molecule has 0 amide bonds. The van der Waals surface area contributed by atoms with E-state index in [0.717, 1.165) is 35.7 Å². The van der Waals surface area contributed by atoms with E-state index in [1.165, 1.54) is 31.2 Å². The fraction of sp³-hybridized carbons (Fsp3) is 0.600. The molecule has 0 bridgehead atoms. The molecule has 1 aromatic rings. The van der Waals surface area contributed by atoms with Crippen LogP contribution in [0.2, 0.25) is 0 Å². The minimum atomic E-state index is 0.885. The minimum Gasteiger partial charge on any atom is -0.397 e. The van der Waals surface area contributed by atoms with Crippen LogP contribution in [-0.4, -0.2) is 6.54 Å². The summed E-state index contributed by atoms with van der Waals surface area (Å²) in [4.78, 5) is 0. The van der Waals surface area contributed by atoms with E-state index in [9.17, 15) is 0 Å². The molecule has 17 heavy (non-hydrogen) atoms. The number of hydrogen-bond acceptors (Lipinski definition) is 2. The number of aryl methyl sites for hydroxylation is 1. The summed E-state index contributed by atoms with van der Waals surface area (Å²) in [7, 11) is 0. The zero-order valence-corrected chi connectivity index (χ0v) is 10.6. The van der Waals surface area contributed by atoms with E-state index in [1.54, 1.807) is 0 Å². The van der Waals surface area contributed by atoms with Gasteiger partial charge >= 0.3 is 0 Å². The summed E-state index contributed by atoms with van der Waals surface area (Å²) in [5, 5.41) is 3.56. The molecular formula is C15H22N2. The summed E-state index contributed by atoms with van der Waals surface area (Å²) in [6.07, 6.45) is 5.80. The highest BCUT2D eigenvalue weighted by Gasteiger charge is 2.40. The summed E-state index contributed by atoms with van der Waals surface area (Å²) >= 11 is 0. The van der Waals surface area contributed by atoms with E-state index in [0.29, 0.717) is 0 Å². The second kappa shape index (κ2) is 4.25. The van der Waals surface area contributed by atoms with Crippen molar-refractivity contribution in [2.75, 3.05) is 17.6 Å². The van der Waals surface area contributed by atoms with Gasteiger partial charge in [-0.3, -0.25) is 0 Å². The van der Waals surface area contributed by atoms with Gasteiger partial charge in [-0.1, -0.05) is 6.07 Å². The maximum absolute atomic E-state index is 6.03. The Bertz CT molecular complexity index is 393. The van der Waals surface area contributed by atoms with Gasteiger partial charge in [0, 0.05) is 6.54 Å². The molecule has 0 saturated heterocycles. The molecule has 3 N–H and O–H groups in total. The molecule has 0 radical (unpaired) electrons. The maximum Gasteiger partial charge on any atom is 0.0574 e. The number of nitrogens with one attached hydrogen (secondary N) is 1. The van der Waals surface area contributed by atoms with Crippen molar-refractivity contribution in [1.82, 2.24) is 0 Å². The van der Waals surface area contributed by atoms with Crippen molar-refractivity contribution >= 4 is 11.4 Å². The van der Waals surface area contributed by atoms with Gasteiger partial charge in [0.05, 0.1) is 11.4 Å². The average Bonchev–Trinajstić information content (AvgIpc) is 3.15. The first kappa shape index (κ1) is 10.9. The van der Waals surface area contributed by atoms with Crippen molar-refractivity contribution in [2.45, 2.75) is 32.6 Å². The third kappa shape index (κ3) is 2.56. The van der Waals surface area contributed by atoms with Crippen molar-refractivity contribution < 1.29 is 0 Å². The first-order valence-electron chi connectivity index (χ1n) is 6.84. The Morgan fingerprint density at radius 2 is 1.88 bits per heavy atom. The fourth-order valence-electron chi connectivity index (χ4n) is 2.84. The van der Waals surface area contributed by atoms with E-state index in [4.69, 9.17) is 5.73 Å². The topological polar surface area (TPSA) is 38.0 Å². The smallest absolute Gasteiger partial charge is 0.0574 e. The third-order valence-electron chi connectivity index (χ3n) is 4.19. The molecule has 0 spiro atoms. The van der Waals surface area contributed by atoms with Crippen LogP contribution in [0.1, 0.15) is 31.2 Å². The number of nitrogen functional groups attached to an aromatic ring is 1. The molecule has 2 nitrogen and oxygen atoms in total. The number of anilines is 2. The van der Waals surface area contributed by atoms with Crippen LogP contribution in [0.5, 0.6) is 0 Å². The largest absolute Gasteiger partial charge is 0.397 e. The molecule has 2 aliphatic carbocycles. The molecule has 0 atom stereocenters. The molecule has 2 aliphatic rings. The normalized spacial score (nSPS) is 19.6. The minimum absolute atomic E-state index is 0.885. The van der Waals surface area contributed by atoms with E-state index in [1.807, 2.05) is 6.07 Å². The van der Waals surface area contributed by atoms with Crippen LogP contribution in [0.15, 0.2) is 18.2 Å². The summed E-state index contributed by atoms with van der Waals surface area (Å²) in [6, 6.07) is 6.29. The Balaban J connectivity index is 1.62. The van der Waals surface area contributed by atoms with Gasteiger partial charge in [-0.05, 0) is 68.1 Å². The SMILES string of the molecule is Cc1ccc(NCC(C2CC2)C2CC2)c(N)c1. The summed E-state index contributed by atoms with van der Waals surface area (Å²) < 4.78 is 0. The molecule has 92 valence electrons. The molecule has 0 aliphatic heterocycles. The molecular weight excluding hydrogens is 208 g/mol. The molecule has 2 heteroatoms. The predicted molar refractivity (Wildman–Crippen MR) is 73.0 cm³/mol. The van der Waals surface area contributed by atoms with Gasteiger partial charge in [-0.25, -0.2) is 0 Å². The number of rotatable bonds is 5. The van der Waals surface area contributed by atoms with Crippen molar-refractivity contribution in [2.24, 2.45) is 17.8 Å². The Morgan fingerprint density at radius 1 is 1.24 bits per heavy atom. The quantitative estimate of drug-likeness (QED) is 0.761. The second-order valence-corrected chi connectivity index (χ2v) is 5.81. The van der Waals surface area contributed by atoms with Gasteiger partial charge < -0.3 is 11.1 Å². The van der Waals surface area contributed by atoms with Crippen LogP contribution in [0, 0.1) is 24.7 Å². The van der Waals surface area contributed by atoms with Crippen molar-refractivity contribution in [1.29, 1.82) is 0 Å². The summed E-state index contributed by atoms with van der Waals surface area (Å²) in [6.45, 7) is 3.19. The predicted octanol–water partition coefficient (Wildman–Crippen LogP) is 3.43. The van der Waals surface area contributed by atoms with E-state index >= 15 is 0 Å². The second-order valence-electron chi connectivity index (χ2n) is 5.81. The molecule has 0 unspecified atom stereocenters. The van der Waals surface area contributed by atoms with Gasteiger partial charge in [-0.15, -0.1) is 0 Å². The van der Waals surface area contributed by atoms with Crippen LogP contribution in [0.25, 0.3) is 0 Å². The van der Waals surface area contributed by atoms with E-state index in [-0.39, 0.29) is 0 Å². The maximum atomic E-state index is 6.03. The Kier molecular flexibility index (Phi) is 2.73. The monoisotopic (exact) mass is 230 g/mol. The van der Waals surface area contributed by atoms with Crippen LogP contribution in [0.4, 0.5) is 11.4 Å². The highest BCUT2D eigenvalue weighted by molar-refractivity contribution is 5.66. The molecule has 2 saturated carbocycles. The Hall–Kier alpha value is -1.18. The molecule has 2 fully saturated rings.